The first-order valence-corrected chi connectivity index (χ1v) is 6.82. The van der Waals surface area contributed by atoms with Gasteiger partial charge in [0.1, 0.15) is 5.15 Å². The molecule has 0 aliphatic rings. The predicted molar refractivity (Wildman–Crippen MR) is 73.3 cm³/mol. The molecule has 1 atom stereocenters. The molecule has 2 rings (SSSR count). The Morgan fingerprint density at radius 2 is 2.31 bits per heavy atom. The molecule has 0 amide bonds. The minimum atomic E-state index is 0.259. The third kappa shape index (κ3) is 2.97. The van der Waals surface area contributed by atoms with Crippen molar-refractivity contribution >= 4 is 44.6 Å². The van der Waals surface area contributed by atoms with Gasteiger partial charge >= 0.3 is 0 Å². The zero-order chi connectivity index (χ0) is 11.5. The second-order valence-electron chi connectivity index (χ2n) is 3.40. The number of anilines is 1. The monoisotopic (exact) mass is 316 g/mol. The average molecular weight is 318 g/mol. The first-order valence-electron chi connectivity index (χ1n) is 4.77. The Kier molecular flexibility index (Phi) is 3.84. The van der Waals surface area contributed by atoms with Crippen LogP contribution in [0.1, 0.15) is 17.8 Å². The van der Waals surface area contributed by atoms with Crippen molar-refractivity contribution in [2.24, 2.45) is 0 Å². The second-order valence-corrected chi connectivity index (χ2v) is 5.65. The van der Waals surface area contributed by atoms with Gasteiger partial charge in [0.15, 0.2) is 0 Å². The molecule has 0 saturated heterocycles. The summed E-state index contributed by atoms with van der Waals surface area (Å²) in [6.45, 7) is 2.12. The molecule has 0 spiro atoms. The van der Waals surface area contributed by atoms with E-state index < -0.39 is 0 Å². The Morgan fingerprint density at radius 3 is 2.94 bits per heavy atom. The number of rotatable bonds is 3. The highest BCUT2D eigenvalue weighted by Gasteiger charge is 2.07. The van der Waals surface area contributed by atoms with Gasteiger partial charge in [-0.25, -0.2) is 4.98 Å². The molecule has 0 bridgehead atoms. The second kappa shape index (κ2) is 5.17. The Hall–Kier alpha value is -0.580. The van der Waals surface area contributed by atoms with Crippen molar-refractivity contribution < 1.29 is 0 Å². The number of nitrogens with one attached hydrogen (secondary N) is 1. The summed E-state index contributed by atoms with van der Waals surface area (Å²) >= 11 is 11.0. The van der Waals surface area contributed by atoms with Gasteiger partial charge in [-0.3, -0.25) is 0 Å². The van der Waals surface area contributed by atoms with Crippen molar-refractivity contribution in [2.45, 2.75) is 13.0 Å². The minimum Gasteiger partial charge on any atom is -0.378 e. The lowest BCUT2D eigenvalue weighted by Gasteiger charge is -2.13. The molecule has 0 aromatic carbocycles. The summed E-state index contributed by atoms with van der Waals surface area (Å²) in [6.07, 6.45) is 1.70. The summed E-state index contributed by atoms with van der Waals surface area (Å²) in [6, 6.07) is 6.10. The van der Waals surface area contributed by atoms with E-state index in [1.165, 1.54) is 4.88 Å². The maximum Gasteiger partial charge on any atom is 0.131 e. The van der Waals surface area contributed by atoms with Crippen LogP contribution in [0.3, 0.4) is 0 Å². The van der Waals surface area contributed by atoms with E-state index in [1.807, 2.05) is 12.1 Å². The molecule has 2 nitrogen and oxygen atoms in total. The van der Waals surface area contributed by atoms with Crippen molar-refractivity contribution in [3.63, 3.8) is 0 Å². The van der Waals surface area contributed by atoms with Gasteiger partial charge in [0.2, 0.25) is 0 Å². The van der Waals surface area contributed by atoms with E-state index in [0.717, 1.165) is 10.2 Å². The fraction of sp³-hybridized carbons (Fsp3) is 0.182. The summed E-state index contributed by atoms with van der Waals surface area (Å²) in [5.41, 5.74) is 0.983. The predicted octanol–water partition coefficient (Wildman–Crippen LogP) is 4.73. The lowest BCUT2D eigenvalue weighted by Crippen LogP contribution is -2.04. The van der Waals surface area contributed by atoms with Gasteiger partial charge in [0.25, 0.3) is 0 Å². The first kappa shape index (κ1) is 11.9. The Morgan fingerprint density at radius 1 is 1.50 bits per heavy atom. The lowest BCUT2D eigenvalue weighted by atomic mass is 10.2. The Labute approximate surface area is 112 Å². The van der Waals surface area contributed by atoms with Crippen LogP contribution in [-0.2, 0) is 0 Å². The topological polar surface area (TPSA) is 24.9 Å². The van der Waals surface area contributed by atoms with Gasteiger partial charge in [-0.15, -0.1) is 11.3 Å². The van der Waals surface area contributed by atoms with Crippen LogP contribution in [0, 0.1) is 0 Å². The zero-order valence-electron chi connectivity index (χ0n) is 8.58. The quantitative estimate of drug-likeness (QED) is 0.828. The lowest BCUT2D eigenvalue weighted by molar-refractivity contribution is 0.907. The van der Waals surface area contributed by atoms with Crippen LogP contribution >= 0.6 is 38.9 Å². The van der Waals surface area contributed by atoms with Gasteiger partial charge in [-0.1, -0.05) is 11.6 Å². The zero-order valence-corrected chi connectivity index (χ0v) is 11.7. The van der Waals surface area contributed by atoms with Crippen molar-refractivity contribution in [1.29, 1.82) is 0 Å². The van der Waals surface area contributed by atoms with Crippen molar-refractivity contribution in [1.82, 2.24) is 4.98 Å². The number of halogens is 2. The van der Waals surface area contributed by atoms with Crippen LogP contribution in [0.5, 0.6) is 0 Å². The molecule has 2 aromatic rings. The number of thiophene rings is 1. The van der Waals surface area contributed by atoms with Crippen LogP contribution in [0.15, 0.2) is 34.2 Å². The molecule has 5 heteroatoms. The van der Waals surface area contributed by atoms with Crippen molar-refractivity contribution in [3.05, 3.63) is 44.3 Å². The standard InChI is InChI=1S/C11H10BrClN2S/c1-7(10-4-8(12)6-16-10)15-9-2-3-14-11(13)5-9/h2-7H,1H3,(H,14,15). The largest absolute Gasteiger partial charge is 0.378 e. The van der Waals surface area contributed by atoms with E-state index in [1.54, 1.807) is 17.5 Å². The highest BCUT2D eigenvalue weighted by Crippen LogP contribution is 2.28. The molecule has 0 aliphatic carbocycles. The van der Waals surface area contributed by atoms with E-state index in [-0.39, 0.29) is 6.04 Å². The molecule has 2 aromatic heterocycles. The molecule has 0 radical (unpaired) electrons. The Bertz CT molecular complexity index is 486. The van der Waals surface area contributed by atoms with Crippen molar-refractivity contribution in [2.75, 3.05) is 5.32 Å². The van der Waals surface area contributed by atoms with Gasteiger partial charge in [-0.2, -0.15) is 0 Å². The molecule has 16 heavy (non-hydrogen) atoms. The molecule has 2 heterocycles. The molecule has 0 fully saturated rings. The van der Waals surface area contributed by atoms with Crippen LogP contribution in [-0.4, -0.2) is 4.98 Å². The van der Waals surface area contributed by atoms with E-state index in [4.69, 9.17) is 11.6 Å². The third-order valence-electron chi connectivity index (χ3n) is 2.12. The van der Waals surface area contributed by atoms with Gasteiger partial charge in [-0.05, 0) is 41.1 Å². The number of aromatic nitrogens is 1. The molecular formula is C11H10BrClN2S. The molecule has 84 valence electrons. The van der Waals surface area contributed by atoms with Gasteiger partial charge in [0, 0.05) is 26.6 Å². The molecular weight excluding hydrogens is 308 g/mol. The van der Waals surface area contributed by atoms with Crippen LogP contribution < -0.4 is 5.32 Å². The number of pyridine rings is 1. The summed E-state index contributed by atoms with van der Waals surface area (Å²) in [5.74, 6) is 0. The molecule has 1 unspecified atom stereocenters. The number of hydrogen-bond acceptors (Lipinski definition) is 3. The van der Waals surface area contributed by atoms with Crippen molar-refractivity contribution in [3.8, 4) is 0 Å². The van der Waals surface area contributed by atoms with E-state index >= 15 is 0 Å². The summed E-state index contributed by atoms with van der Waals surface area (Å²) in [4.78, 5) is 5.22. The van der Waals surface area contributed by atoms with E-state index in [2.05, 4.69) is 44.6 Å². The van der Waals surface area contributed by atoms with Gasteiger partial charge < -0.3 is 5.32 Å². The highest BCUT2D eigenvalue weighted by molar-refractivity contribution is 9.10. The summed E-state index contributed by atoms with van der Waals surface area (Å²) in [5, 5.41) is 5.96. The highest BCUT2D eigenvalue weighted by atomic mass is 79.9. The number of nitrogens with zero attached hydrogens (tertiary/aromatic N) is 1. The van der Waals surface area contributed by atoms with E-state index in [9.17, 15) is 0 Å². The van der Waals surface area contributed by atoms with Crippen LogP contribution in [0.25, 0.3) is 0 Å². The molecule has 0 saturated carbocycles. The smallest absolute Gasteiger partial charge is 0.131 e. The fourth-order valence-corrected chi connectivity index (χ4v) is 3.00. The maximum absolute atomic E-state index is 5.82. The SMILES string of the molecule is CC(Nc1ccnc(Cl)c1)c1cc(Br)cs1. The fourth-order valence-electron chi connectivity index (χ4n) is 1.37. The summed E-state index contributed by atoms with van der Waals surface area (Å²) in [7, 11) is 0. The van der Waals surface area contributed by atoms with E-state index in [0.29, 0.717) is 5.15 Å². The minimum absolute atomic E-state index is 0.259. The first-order chi connectivity index (χ1) is 7.65. The van der Waals surface area contributed by atoms with Crippen LogP contribution in [0.2, 0.25) is 5.15 Å². The molecule has 1 N–H and O–H groups in total. The third-order valence-corrected chi connectivity index (χ3v) is 4.21. The van der Waals surface area contributed by atoms with Crippen LogP contribution in [0.4, 0.5) is 5.69 Å². The Balaban J connectivity index is 2.10. The number of hydrogen-bond donors (Lipinski definition) is 1. The average Bonchev–Trinajstić information content (AvgIpc) is 2.65. The maximum atomic E-state index is 5.82. The van der Waals surface area contributed by atoms with Gasteiger partial charge in [0.05, 0.1) is 6.04 Å². The normalized spacial score (nSPS) is 12.4. The summed E-state index contributed by atoms with van der Waals surface area (Å²) < 4.78 is 1.12. The molecule has 0 aliphatic heterocycles.